The zero-order valence-electron chi connectivity index (χ0n) is 21.8. The van der Waals surface area contributed by atoms with Crippen LogP contribution in [0.5, 0.6) is 0 Å². The van der Waals surface area contributed by atoms with Crippen LogP contribution in [0.25, 0.3) is 16.7 Å². The quantitative estimate of drug-likeness (QED) is 0.450. The summed E-state index contributed by atoms with van der Waals surface area (Å²) in [6, 6.07) is 11.0. The van der Waals surface area contributed by atoms with Gasteiger partial charge in [0.1, 0.15) is 5.82 Å². The normalized spacial score (nSPS) is 21.3. The van der Waals surface area contributed by atoms with E-state index in [0.717, 1.165) is 81.5 Å². The van der Waals surface area contributed by atoms with Crippen LogP contribution in [-0.4, -0.2) is 65.0 Å². The average molecular weight is 517 g/mol. The van der Waals surface area contributed by atoms with E-state index in [4.69, 9.17) is 14.8 Å². The Labute approximate surface area is 222 Å². The highest BCUT2D eigenvalue weighted by atomic mass is 19.1. The molecule has 1 atom stereocenters. The standard InChI is InChI=1S/C29H33FN6O2/c1-38-29(37)24-16-25(34-14-11-22(12-15-34)35-13-3-4-19(17-31)18-35)26-27(20-5-2-6-20)33-36(28(26)32-24)23-9-7-21(30)8-10-23/h7-10,16,19-20,22H,2-6,11-15,18H2,1H3. The van der Waals surface area contributed by atoms with E-state index >= 15 is 0 Å². The topological polar surface area (TPSA) is 87.3 Å². The Balaban J connectivity index is 1.39. The van der Waals surface area contributed by atoms with E-state index in [1.807, 2.05) is 6.07 Å². The molecule has 3 aromatic rings. The number of carbonyl (C=O) groups is 1. The summed E-state index contributed by atoms with van der Waals surface area (Å²) in [5.74, 6) is -0.328. The number of nitrogens with zero attached hydrogens (tertiary/aromatic N) is 6. The number of aromatic nitrogens is 3. The molecule has 0 bridgehead atoms. The number of fused-ring (bicyclic) bond motifs is 1. The first-order valence-corrected chi connectivity index (χ1v) is 13.7. The lowest BCUT2D eigenvalue weighted by atomic mass is 9.82. The van der Waals surface area contributed by atoms with Gasteiger partial charge in [-0.1, -0.05) is 6.42 Å². The Morgan fingerprint density at radius 1 is 1.08 bits per heavy atom. The van der Waals surface area contributed by atoms with Crippen LogP contribution < -0.4 is 4.90 Å². The largest absolute Gasteiger partial charge is 0.464 e. The summed E-state index contributed by atoms with van der Waals surface area (Å²) in [6.07, 6.45) is 7.40. The number of methoxy groups -OCH3 is 1. The molecule has 0 N–H and O–H groups in total. The highest BCUT2D eigenvalue weighted by Gasteiger charge is 2.33. The minimum absolute atomic E-state index is 0.131. The summed E-state index contributed by atoms with van der Waals surface area (Å²) in [7, 11) is 1.36. The minimum Gasteiger partial charge on any atom is -0.464 e. The van der Waals surface area contributed by atoms with Crippen LogP contribution in [0.2, 0.25) is 0 Å². The van der Waals surface area contributed by atoms with Crippen molar-refractivity contribution in [3.8, 4) is 11.8 Å². The minimum atomic E-state index is -0.490. The van der Waals surface area contributed by atoms with Crippen LogP contribution in [0.4, 0.5) is 10.1 Å². The number of likely N-dealkylation sites (tertiary alicyclic amines) is 1. The van der Waals surface area contributed by atoms with Gasteiger partial charge < -0.3 is 9.64 Å². The van der Waals surface area contributed by atoms with Crippen molar-refractivity contribution in [1.29, 1.82) is 5.26 Å². The maximum Gasteiger partial charge on any atom is 0.356 e. The number of rotatable bonds is 5. The second kappa shape index (κ2) is 10.3. The molecule has 3 aliphatic rings. The molecule has 38 heavy (non-hydrogen) atoms. The van der Waals surface area contributed by atoms with Crippen LogP contribution in [0.1, 0.15) is 67.0 Å². The Kier molecular flexibility index (Phi) is 6.75. The van der Waals surface area contributed by atoms with E-state index < -0.39 is 5.97 Å². The second-order valence-electron chi connectivity index (χ2n) is 10.8. The molecule has 1 unspecified atom stereocenters. The molecular weight excluding hydrogens is 483 g/mol. The third kappa shape index (κ3) is 4.51. The molecule has 0 amide bonds. The molecule has 8 nitrogen and oxygen atoms in total. The van der Waals surface area contributed by atoms with Crippen molar-refractivity contribution < 1.29 is 13.9 Å². The smallest absolute Gasteiger partial charge is 0.356 e. The fraction of sp³-hybridized carbons (Fsp3) is 0.517. The fourth-order valence-corrected chi connectivity index (χ4v) is 6.23. The summed E-state index contributed by atoms with van der Waals surface area (Å²) in [6.45, 7) is 3.63. The van der Waals surface area contributed by atoms with Gasteiger partial charge in [0.25, 0.3) is 0 Å². The van der Waals surface area contributed by atoms with Crippen molar-refractivity contribution in [3.63, 3.8) is 0 Å². The number of piperidine rings is 2. The number of hydrogen-bond donors (Lipinski definition) is 0. The maximum atomic E-state index is 13.7. The van der Waals surface area contributed by atoms with Crippen LogP contribution in [0, 0.1) is 23.1 Å². The molecule has 1 aliphatic carbocycles. The first-order chi connectivity index (χ1) is 18.6. The molecule has 2 saturated heterocycles. The zero-order valence-corrected chi connectivity index (χ0v) is 21.8. The van der Waals surface area contributed by atoms with Gasteiger partial charge in [-0.15, -0.1) is 0 Å². The van der Waals surface area contributed by atoms with Gasteiger partial charge in [-0.2, -0.15) is 10.4 Å². The first-order valence-electron chi connectivity index (χ1n) is 13.7. The molecule has 1 saturated carbocycles. The van der Waals surface area contributed by atoms with Crippen molar-refractivity contribution in [2.75, 3.05) is 38.2 Å². The Bertz CT molecular complexity index is 1370. The third-order valence-corrected chi connectivity index (χ3v) is 8.56. The lowest BCUT2D eigenvalue weighted by molar-refractivity contribution is 0.0594. The number of pyridine rings is 1. The summed E-state index contributed by atoms with van der Waals surface area (Å²) < 4.78 is 20.5. The molecule has 198 valence electrons. The SMILES string of the molecule is COC(=O)c1cc(N2CCC(N3CCCC(C#N)C3)CC2)c2c(C3CCC3)nn(-c3ccc(F)cc3)c2n1. The Hall–Kier alpha value is -3.51. The van der Waals surface area contributed by atoms with E-state index in [9.17, 15) is 14.4 Å². The maximum absolute atomic E-state index is 13.7. The van der Waals surface area contributed by atoms with Gasteiger partial charge >= 0.3 is 5.97 Å². The lowest BCUT2D eigenvalue weighted by Gasteiger charge is -2.42. The fourth-order valence-electron chi connectivity index (χ4n) is 6.23. The van der Waals surface area contributed by atoms with Gasteiger partial charge in [0, 0.05) is 31.6 Å². The molecule has 2 aromatic heterocycles. The van der Waals surface area contributed by atoms with Crippen molar-refractivity contribution >= 4 is 22.7 Å². The summed E-state index contributed by atoms with van der Waals surface area (Å²) >= 11 is 0. The molecule has 0 radical (unpaired) electrons. The molecule has 0 spiro atoms. The summed E-state index contributed by atoms with van der Waals surface area (Å²) in [5, 5.41) is 15.4. The molecule has 4 heterocycles. The van der Waals surface area contributed by atoms with Crippen molar-refractivity contribution in [1.82, 2.24) is 19.7 Å². The van der Waals surface area contributed by atoms with E-state index in [1.165, 1.54) is 25.7 Å². The van der Waals surface area contributed by atoms with Crippen LogP contribution in [0.15, 0.2) is 30.3 Å². The third-order valence-electron chi connectivity index (χ3n) is 8.56. The second-order valence-corrected chi connectivity index (χ2v) is 10.8. The number of esters is 1. The van der Waals surface area contributed by atoms with Crippen LogP contribution in [-0.2, 0) is 4.74 Å². The van der Waals surface area contributed by atoms with Gasteiger partial charge in [-0.3, -0.25) is 4.90 Å². The number of halogens is 1. The predicted octanol–water partition coefficient (Wildman–Crippen LogP) is 4.82. The lowest BCUT2D eigenvalue weighted by Crippen LogP contribution is -2.48. The van der Waals surface area contributed by atoms with Gasteiger partial charge in [-0.25, -0.2) is 18.9 Å². The van der Waals surface area contributed by atoms with E-state index in [-0.39, 0.29) is 17.4 Å². The van der Waals surface area contributed by atoms with Gasteiger partial charge in [0.2, 0.25) is 0 Å². The van der Waals surface area contributed by atoms with E-state index in [0.29, 0.717) is 23.3 Å². The number of benzene rings is 1. The predicted molar refractivity (Wildman–Crippen MR) is 142 cm³/mol. The highest BCUT2D eigenvalue weighted by Crippen LogP contribution is 2.43. The van der Waals surface area contributed by atoms with Crippen molar-refractivity contribution in [3.05, 3.63) is 47.5 Å². The van der Waals surface area contributed by atoms with Crippen molar-refractivity contribution in [2.24, 2.45) is 5.92 Å². The van der Waals surface area contributed by atoms with Gasteiger partial charge in [0.05, 0.1) is 41.6 Å². The number of ether oxygens (including phenoxy) is 1. The molecule has 6 rings (SSSR count). The number of hydrogen-bond acceptors (Lipinski definition) is 7. The number of carbonyl (C=O) groups excluding carboxylic acids is 1. The van der Waals surface area contributed by atoms with Gasteiger partial charge in [0.15, 0.2) is 11.3 Å². The molecule has 2 aliphatic heterocycles. The number of nitriles is 1. The first kappa shape index (κ1) is 24.8. The molecule has 9 heteroatoms. The molecule has 3 fully saturated rings. The van der Waals surface area contributed by atoms with Crippen LogP contribution in [0.3, 0.4) is 0 Å². The Morgan fingerprint density at radius 2 is 1.84 bits per heavy atom. The van der Waals surface area contributed by atoms with E-state index in [2.05, 4.69) is 15.9 Å². The van der Waals surface area contributed by atoms with E-state index in [1.54, 1.807) is 16.8 Å². The molecule has 1 aromatic carbocycles. The van der Waals surface area contributed by atoms with Gasteiger partial charge in [-0.05, 0) is 75.4 Å². The van der Waals surface area contributed by atoms with Crippen molar-refractivity contribution in [2.45, 2.75) is 56.9 Å². The average Bonchev–Trinajstić information content (AvgIpc) is 3.30. The summed E-state index contributed by atoms with van der Waals surface area (Å²) in [4.78, 5) is 22.3. The monoisotopic (exact) mass is 516 g/mol. The number of anilines is 1. The highest BCUT2D eigenvalue weighted by molar-refractivity contribution is 5.99. The van der Waals surface area contributed by atoms with Crippen LogP contribution >= 0.6 is 0 Å². The Morgan fingerprint density at radius 3 is 2.50 bits per heavy atom. The zero-order chi connectivity index (χ0) is 26.2. The summed E-state index contributed by atoms with van der Waals surface area (Å²) in [5.41, 5.74) is 3.53. The molecular formula is C29H33FN6O2.